The van der Waals surface area contributed by atoms with Crippen molar-refractivity contribution in [3.05, 3.63) is 41.2 Å². The molecule has 0 spiro atoms. The minimum absolute atomic E-state index is 0.187. The molecular weight excluding hydrogens is 252 g/mol. The quantitative estimate of drug-likeness (QED) is 0.628. The van der Waals surface area contributed by atoms with Gasteiger partial charge in [-0.2, -0.15) is 5.10 Å². The van der Waals surface area contributed by atoms with E-state index in [1.165, 1.54) is 12.3 Å². The lowest BCUT2D eigenvalue weighted by atomic mass is 10.3. The first-order chi connectivity index (χ1) is 8.63. The summed E-state index contributed by atoms with van der Waals surface area (Å²) in [5.74, 6) is 0.132. The number of carbonyl (C=O) groups excluding carboxylic acids is 1. The Labute approximate surface area is 110 Å². The largest absolute Gasteiger partial charge is 0.315 e. The van der Waals surface area contributed by atoms with E-state index in [-0.39, 0.29) is 5.78 Å². The molecular formula is C12H13ClN4O. The van der Waals surface area contributed by atoms with Gasteiger partial charge in [0, 0.05) is 19.8 Å². The van der Waals surface area contributed by atoms with Gasteiger partial charge in [-0.1, -0.05) is 11.6 Å². The predicted octanol–water partition coefficient (Wildman–Crippen LogP) is 2.19. The second kappa shape index (κ2) is 5.18. The first-order valence-electron chi connectivity index (χ1n) is 5.55. The molecule has 6 heteroatoms. The number of halogens is 1. The fraction of sp³-hybridized carbons (Fsp3) is 0.250. The average molecular weight is 265 g/mol. The molecule has 2 aromatic rings. The van der Waals surface area contributed by atoms with Gasteiger partial charge in [0.05, 0.1) is 11.9 Å². The summed E-state index contributed by atoms with van der Waals surface area (Å²) in [4.78, 5) is 15.9. The number of aryl methyl sites for hydroxylation is 1. The summed E-state index contributed by atoms with van der Waals surface area (Å²) in [7, 11) is 1.70. The van der Waals surface area contributed by atoms with Gasteiger partial charge in [0.2, 0.25) is 5.78 Å². The number of ketones is 1. The van der Waals surface area contributed by atoms with Gasteiger partial charge in [0.15, 0.2) is 5.82 Å². The Bertz CT molecular complexity index is 597. The van der Waals surface area contributed by atoms with Crippen molar-refractivity contribution in [3.8, 4) is 0 Å². The molecule has 0 fully saturated rings. The van der Waals surface area contributed by atoms with Crippen molar-refractivity contribution in [2.24, 2.45) is 7.05 Å². The standard InChI is InChI=1S/C12H13ClN4O/c1-3-17-9(6-7-15-17)4-5-10(18)12-14-8-11(13)16(12)2/h4-8H,3H2,1-2H3/b5-4+. The number of allylic oxidation sites excluding steroid dienone is 1. The van der Waals surface area contributed by atoms with Gasteiger partial charge in [0.1, 0.15) is 5.15 Å². The summed E-state index contributed by atoms with van der Waals surface area (Å²) in [5.41, 5.74) is 0.881. The predicted molar refractivity (Wildman–Crippen MR) is 69.5 cm³/mol. The van der Waals surface area contributed by atoms with E-state index in [2.05, 4.69) is 10.1 Å². The van der Waals surface area contributed by atoms with Crippen molar-refractivity contribution in [1.29, 1.82) is 0 Å². The van der Waals surface area contributed by atoms with E-state index in [9.17, 15) is 4.79 Å². The van der Waals surface area contributed by atoms with Gasteiger partial charge < -0.3 is 4.57 Å². The zero-order valence-corrected chi connectivity index (χ0v) is 10.9. The Balaban J connectivity index is 2.19. The maximum atomic E-state index is 11.9. The zero-order chi connectivity index (χ0) is 13.1. The SMILES string of the molecule is CCn1nccc1/C=C/C(=O)c1ncc(Cl)n1C. The van der Waals surface area contributed by atoms with Crippen LogP contribution in [0.1, 0.15) is 23.2 Å². The van der Waals surface area contributed by atoms with Gasteiger partial charge in [-0.15, -0.1) is 0 Å². The maximum Gasteiger partial charge on any atom is 0.221 e. The highest BCUT2D eigenvalue weighted by Gasteiger charge is 2.10. The molecule has 0 N–H and O–H groups in total. The highest BCUT2D eigenvalue weighted by molar-refractivity contribution is 6.29. The monoisotopic (exact) mass is 264 g/mol. The van der Waals surface area contributed by atoms with Crippen molar-refractivity contribution < 1.29 is 4.79 Å². The van der Waals surface area contributed by atoms with Crippen molar-refractivity contribution in [1.82, 2.24) is 19.3 Å². The molecule has 0 aromatic carbocycles. The first-order valence-corrected chi connectivity index (χ1v) is 5.92. The summed E-state index contributed by atoms with van der Waals surface area (Å²) in [6, 6.07) is 1.85. The summed E-state index contributed by atoms with van der Waals surface area (Å²) in [6.07, 6.45) is 6.35. The average Bonchev–Trinajstić information content (AvgIpc) is 2.94. The van der Waals surface area contributed by atoms with E-state index in [1.54, 1.807) is 28.6 Å². The number of aromatic nitrogens is 4. The summed E-state index contributed by atoms with van der Waals surface area (Å²) < 4.78 is 3.35. The molecule has 18 heavy (non-hydrogen) atoms. The Hall–Kier alpha value is -1.88. The van der Waals surface area contributed by atoms with Crippen molar-refractivity contribution in [3.63, 3.8) is 0 Å². The lowest BCUT2D eigenvalue weighted by Gasteiger charge is -1.99. The van der Waals surface area contributed by atoms with E-state index in [0.717, 1.165) is 12.2 Å². The normalized spacial score (nSPS) is 11.3. The van der Waals surface area contributed by atoms with Gasteiger partial charge in [-0.05, 0) is 25.1 Å². The van der Waals surface area contributed by atoms with E-state index < -0.39 is 0 Å². The lowest BCUT2D eigenvalue weighted by molar-refractivity contribution is 0.103. The van der Waals surface area contributed by atoms with E-state index in [0.29, 0.717) is 11.0 Å². The molecule has 0 aliphatic rings. The van der Waals surface area contributed by atoms with E-state index >= 15 is 0 Å². The van der Waals surface area contributed by atoms with Crippen LogP contribution in [-0.2, 0) is 13.6 Å². The third kappa shape index (κ3) is 2.36. The molecule has 2 heterocycles. The van der Waals surface area contributed by atoms with Gasteiger partial charge in [-0.25, -0.2) is 4.98 Å². The molecule has 2 aromatic heterocycles. The van der Waals surface area contributed by atoms with Crippen LogP contribution in [0, 0.1) is 0 Å². The van der Waals surface area contributed by atoms with Crippen LogP contribution >= 0.6 is 11.6 Å². The second-order valence-electron chi connectivity index (χ2n) is 3.73. The Morgan fingerprint density at radius 3 is 2.94 bits per heavy atom. The number of hydrogen-bond acceptors (Lipinski definition) is 3. The summed E-state index contributed by atoms with van der Waals surface area (Å²) in [6.45, 7) is 2.75. The molecule has 0 unspecified atom stereocenters. The topological polar surface area (TPSA) is 52.7 Å². The molecule has 0 aliphatic heterocycles. The van der Waals surface area contributed by atoms with Crippen molar-refractivity contribution >= 4 is 23.5 Å². The first kappa shape index (κ1) is 12.6. The number of rotatable bonds is 4. The van der Waals surface area contributed by atoms with E-state index in [1.807, 2.05) is 13.0 Å². The zero-order valence-electron chi connectivity index (χ0n) is 10.2. The van der Waals surface area contributed by atoms with Crippen LogP contribution in [0.3, 0.4) is 0 Å². The van der Waals surface area contributed by atoms with Crippen LogP contribution in [0.5, 0.6) is 0 Å². The van der Waals surface area contributed by atoms with Crippen LogP contribution < -0.4 is 0 Å². The molecule has 0 atom stereocenters. The van der Waals surface area contributed by atoms with Gasteiger partial charge in [-0.3, -0.25) is 9.48 Å². The molecule has 94 valence electrons. The Kier molecular flexibility index (Phi) is 3.62. The highest BCUT2D eigenvalue weighted by Crippen LogP contribution is 2.10. The van der Waals surface area contributed by atoms with Crippen LogP contribution in [-0.4, -0.2) is 25.1 Å². The van der Waals surface area contributed by atoms with Crippen molar-refractivity contribution in [2.75, 3.05) is 0 Å². The Morgan fingerprint density at radius 2 is 2.33 bits per heavy atom. The van der Waals surface area contributed by atoms with Crippen LogP contribution in [0.25, 0.3) is 6.08 Å². The smallest absolute Gasteiger partial charge is 0.221 e. The third-order valence-electron chi connectivity index (χ3n) is 2.61. The summed E-state index contributed by atoms with van der Waals surface area (Å²) in [5, 5.41) is 4.55. The summed E-state index contributed by atoms with van der Waals surface area (Å²) >= 11 is 5.83. The second-order valence-corrected chi connectivity index (χ2v) is 4.12. The van der Waals surface area contributed by atoms with Crippen molar-refractivity contribution in [2.45, 2.75) is 13.5 Å². The van der Waals surface area contributed by atoms with Gasteiger partial charge in [0.25, 0.3) is 0 Å². The molecule has 0 aliphatic carbocycles. The fourth-order valence-corrected chi connectivity index (χ4v) is 1.73. The lowest BCUT2D eigenvalue weighted by Crippen LogP contribution is -2.05. The van der Waals surface area contributed by atoms with Crippen LogP contribution in [0.15, 0.2) is 24.5 Å². The minimum Gasteiger partial charge on any atom is -0.315 e. The van der Waals surface area contributed by atoms with E-state index in [4.69, 9.17) is 11.6 Å². The van der Waals surface area contributed by atoms with Crippen LogP contribution in [0.2, 0.25) is 5.15 Å². The highest BCUT2D eigenvalue weighted by atomic mass is 35.5. The van der Waals surface area contributed by atoms with Crippen LogP contribution in [0.4, 0.5) is 0 Å². The van der Waals surface area contributed by atoms with Gasteiger partial charge >= 0.3 is 0 Å². The molecule has 0 radical (unpaired) electrons. The molecule has 0 amide bonds. The molecule has 0 saturated heterocycles. The number of hydrogen-bond donors (Lipinski definition) is 0. The minimum atomic E-state index is -0.187. The molecule has 2 rings (SSSR count). The molecule has 5 nitrogen and oxygen atoms in total. The Morgan fingerprint density at radius 1 is 1.56 bits per heavy atom. The maximum absolute atomic E-state index is 11.9. The number of carbonyl (C=O) groups is 1. The molecule has 0 saturated carbocycles. The molecule has 0 bridgehead atoms. The third-order valence-corrected chi connectivity index (χ3v) is 2.96. The number of imidazole rings is 1. The fourth-order valence-electron chi connectivity index (χ4n) is 1.60. The number of nitrogens with zero attached hydrogens (tertiary/aromatic N) is 4.